The summed E-state index contributed by atoms with van der Waals surface area (Å²) in [7, 11) is 0. The molecule has 0 aliphatic rings. The van der Waals surface area contributed by atoms with Crippen LogP contribution < -0.4 is 0 Å². The summed E-state index contributed by atoms with van der Waals surface area (Å²) in [6, 6.07) is 0. The maximum absolute atomic E-state index is 11.0. The Labute approximate surface area is 99.9 Å². The van der Waals surface area contributed by atoms with Crippen molar-refractivity contribution in [3.63, 3.8) is 0 Å². The Kier molecular flexibility index (Phi) is 6.77. The molecular weight excluding hydrogens is 226 g/mol. The molecule has 0 unspecified atom stereocenters. The zero-order chi connectivity index (χ0) is 13.3. The zero-order valence-electron chi connectivity index (χ0n) is 10.3. The largest absolute Gasteiger partial charge is 0.460 e. The summed E-state index contributed by atoms with van der Waals surface area (Å²) < 4.78 is 10.0. The van der Waals surface area contributed by atoms with E-state index in [1.807, 2.05) is 0 Å². The molecule has 0 aromatic carbocycles. The Balaban J connectivity index is 3.67. The predicted octanol–water partition coefficient (Wildman–Crippen LogP) is 2.14. The fourth-order valence-electron chi connectivity index (χ4n) is 0.790. The highest BCUT2D eigenvalue weighted by Gasteiger charge is 2.18. The SMILES string of the molecule is C=C(C)C(=O)OCCOCC(C)(C)ON=[N+]=[N-]. The minimum atomic E-state index is -0.718. The molecule has 96 valence electrons. The molecule has 0 bridgehead atoms. The summed E-state index contributed by atoms with van der Waals surface area (Å²) >= 11 is 0. The van der Waals surface area contributed by atoms with Crippen molar-refractivity contribution in [2.24, 2.45) is 5.28 Å². The lowest BCUT2D eigenvalue weighted by molar-refractivity contribution is -0.141. The second kappa shape index (κ2) is 7.54. The topological polar surface area (TPSA) is 93.5 Å². The lowest BCUT2D eigenvalue weighted by Crippen LogP contribution is -2.29. The molecule has 7 heteroatoms. The van der Waals surface area contributed by atoms with Crippen LogP contribution in [0.3, 0.4) is 0 Å². The maximum Gasteiger partial charge on any atom is 0.333 e. The molecule has 0 saturated heterocycles. The summed E-state index contributed by atoms with van der Waals surface area (Å²) in [5.41, 5.74) is 7.71. The van der Waals surface area contributed by atoms with Crippen molar-refractivity contribution in [3.8, 4) is 0 Å². The van der Waals surface area contributed by atoms with E-state index in [4.69, 9.17) is 19.8 Å². The first-order valence-corrected chi connectivity index (χ1v) is 5.02. The Bertz CT molecular complexity index is 322. The van der Waals surface area contributed by atoms with Crippen LogP contribution in [0.25, 0.3) is 10.4 Å². The Morgan fingerprint density at radius 3 is 2.65 bits per heavy atom. The van der Waals surface area contributed by atoms with Gasteiger partial charge in [-0.2, -0.15) is 0 Å². The van der Waals surface area contributed by atoms with E-state index < -0.39 is 11.6 Å². The van der Waals surface area contributed by atoms with E-state index in [0.717, 1.165) is 0 Å². The molecule has 0 N–H and O–H groups in total. The molecule has 0 rings (SSSR count). The monoisotopic (exact) mass is 243 g/mol. The molecule has 0 heterocycles. The van der Waals surface area contributed by atoms with Crippen LogP contribution in [0.2, 0.25) is 0 Å². The van der Waals surface area contributed by atoms with E-state index in [9.17, 15) is 4.79 Å². The third-order valence-electron chi connectivity index (χ3n) is 1.58. The predicted molar refractivity (Wildman–Crippen MR) is 60.9 cm³/mol. The van der Waals surface area contributed by atoms with Crippen LogP contribution in [0.1, 0.15) is 20.8 Å². The van der Waals surface area contributed by atoms with Gasteiger partial charge in [0.15, 0.2) is 0 Å². The van der Waals surface area contributed by atoms with Gasteiger partial charge < -0.3 is 14.3 Å². The minimum Gasteiger partial charge on any atom is -0.460 e. The number of ether oxygens (including phenoxy) is 2. The number of esters is 1. The third-order valence-corrected chi connectivity index (χ3v) is 1.58. The van der Waals surface area contributed by atoms with E-state index in [2.05, 4.69) is 16.8 Å². The second-order valence-corrected chi connectivity index (χ2v) is 3.99. The molecule has 0 fully saturated rings. The minimum absolute atomic E-state index is 0.142. The van der Waals surface area contributed by atoms with Gasteiger partial charge in [0.05, 0.1) is 13.2 Å². The van der Waals surface area contributed by atoms with Gasteiger partial charge in [0, 0.05) is 10.5 Å². The van der Waals surface area contributed by atoms with E-state index in [0.29, 0.717) is 5.57 Å². The highest BCUT2D eigenvalue weighted by atomic mass is 16.7. The Morgan fingerprint density at radius 2 is 2.12 bits per heavy atom. The summed E-state index contributed by atoms with van der Waals surface area (Å²) in [6.45, 7) is 9.03. The van der Waals surface area contributed by atoms with Crippen LogP contribution in [0, 0.1) is 0 Å². The quantitative estimate of drug-likeness (QED) is 0.124. The van der Waals surface area contributed by atoms with Crippen molar-refractivity contribution in [1.29, 1.82) is 0 Å². The van der Waals surface area contributed by atoms with E-state index in [1.165, 1.54) is 0 Å². The van der Waals surface area contributed by atoms with Crippen molar-refractivity contribution < 1.29 is 19.1 Å². The van der Waals surface area contributed by atoms with E-state index >= 15 is 0 Å². The van der Waals surface area contributed by atoms with E-state index in [1.54, 1.807) is 20.8 Å². The van der Waals surface area contributed by atoms with Crippen molar-refractivity contribution in [2.75, 3.05) is 19.8 Å². The van der Waals surface area contributed by atoms with Crippen molar-refractivity contribution in [3.05, 3.63) is 22.6 Å². The van der Waals surface area contributed by atoms with Crippen molar-refractivity contribution in [2.45, 2.75) is 26.4 Å². The number of rotatable bonds is 8. The highest BCUT2D eigenvalue weighted by Crippen LogP contribution is 2.09. The van der Waals surface area contributed by atoms with Gasteiger partial charge >= 0.3 is 5.97 Å². The molecule has 0 aromatic heterocycles. The Morgan fingerprint density at radius 1 is 1.47 bits per heavy atom. The summed E-state index contributed by atoms with van der Waals surface area (Å²) in [5.74, 6) is -0.446. The lowest BCUT2D eigenvalue weighted by atomic mass is 10.2. The smallest absolute Gasteiger partial charge is 0.333 e. The zero-order valence-corrected chi connectivity index (χ0v) is 10.3. The van der Waals surface area contributed by atoms with Gasteiger partial charge in [-0.25, -0.2) is 4.79 Å². The maximum atomic E-state index is 11.0. The number of carbonyl (C=O) groups is 1. The Hall–Kier alpha value is -1.72. The van der Waals surface area contributed by atoms with Crippen LogP contribution in [0.5, 0.6) is 0 Å². The van der Waals surface area contributed by atoms with Gasteiger partial charge in [0.25, 0.3) is 0 Å². The van der Waals surface area contributed by atoms with Gasteiger partial charge in [-0.05, 0) is 26.3 Å². The number of carbonyl (C=O) groups excluding carboxylic acids is 1. The molecule has 0 aliphatic heterocycles. The molecular formula is C10H17N3O4. The van der Waals surface area contributed by atoms with E-state index in [-0.39, 0.29) is 19.8 Å². The van der Waals surface area contributed by atoms with Gasteiger partial charge in [-0.3, -0.25) is 0 Å². The fourth-order valence-corrected chi connectivity index (χ4v) is 0.790. The van der Waals surface area contributed by atoms with Gasteiger partial charge in [0.2, 0.25) is 0 Å². The molecule has 0 aliphatic carbocycles. The first-order valence-electron chi connectivity index (χ1n) is 5.02. The molecule has 0 amide bonds. The van der Waals surface area contributed by atoms with Crippen LogP contribution in [0.15, 0.2) is 17.4 Å². The second-order valence-electron chi connectivity index (χ2n) is 3.99. The molecule has 17 heavy (non-hydrogen) atoms. The summed E-state index contributed by atoms with van der Waals surface area (Å²) in [4.78, 5) is 18.3. The normalized spacial score (nSPS) is 10.3. The molecule has 0 radical (unpaired) electrons. The molecule has 0 spiro atoms. The highest BCUT2D eigenvalue weighted by molar-refractivity contribution is 5.86. The fraction of sp³-hybridized carbons (Fsp3) is 0.700. The van der Waals surface area contributed by atoms with Crippen LogP contribution >= 0.6 is 0 Å². The number of hydrogen-bond acceptors (Lipinski definition) is 5. The average Bonchev–Trinajstić information content (AvgIpc) is 2.25. The van der Waals surface area contributed by atoms with Crippen LogP contribution in [-0.4, -0.2) is 31.4 Å². The van der Waals surface area contributed by atoms with Crippen LogP contribution in [-0.2, 0) is 19.1 Å². The van der Waals surface area contributed by atoms with Crippen LogP contribution in [0.4, 0.5) is 0 Å². The van der Waals surface area contributed by atoms with Gasteiger partial charge in [-0.1, -0.05) is 6.58 Å². The lowest BCUT2D eigenvalue weighted by Gasteiger charge is -2.21. The first-order chi connectivity index (χ1) is 7.89. The number of azide groups is 1. The molecule has 0 saturated carbocycles. The standard InChI is InChI=1S/C10H17N3O4/c1-8(2)9(14)16-6-5-15-7-10(3,4)17-13-12-11/h1,5-7H2,2-4H3. The average molecular weight is 243 g/mol. The number of hydrogen-bond donors (Lipinski definition) is 0. The van der Waals surface area contributed by atoms with Gasteiger partial charge in [0.1, 0.15) is 17.5 Å². The molecule has 0 atom stereocenters. The molecule has 7 nitrogen and oxygen atoms in total. The summed E-state index contributed by atoms with van der Waals surface area (Å²) in [5, 5.41) is 3.00. The number of nitrogens with zero attached hydrogens (tertiary/aromatic N) is 3. The van der Waals surface area contributed by atoms with Gasteiger partial charge in [-0.15, -0.1) is 0 Å². The third kappa shape index (κ3) is 8.12. The molecule has 0 aromatic rings. The first kappa shape index (κ1) is 15.3. The van der Waals surface area contributed by atoms with Crippen molar-refractivity contribution >= 4 is 5.97 Å². The van der Waals surface area contributed by atoms with Crippen molar-refractivity contribution in [1.82, 2.24) is 0 Å². The summed E-state index contributed by atoms with van der Waals surface area (Å²) in [6.07, 6.45) is 0.